The number of carbonyl (C=O) groups is 1. The molecular formula is C15H15F2NO3. The van der Waals surface area contributed by atoms with Gasteiger partial charge in [-0.25, -0.2) is 4.79 Å². The summed E-state index contributed by atoms with van der Waals surface area (Å²) in [6, 6.07) is 7.16. The first kappa shape index (κ1) is 15.2. The first-order valence-electron chi connectivity index (χ1n) is 6.40. The van der Waals surface area contributed by atoms with Gasteiger partial charge < -0.3 is 15.6 Å². The highest BCUT2D eigenvalue weighted by atomic mass is 19.3. The van der Waals surface area contributed by atoms with Crippen molar-refractivity contribution >= 4 is 16.7 Å². The van der Waals surface area contributed by atoms with Crippen molar-refractivity contribution in [1.29, 1.82) is 0 Å². The smallest absolute Gasteiger partial charge is 0.379 e. The van der Waals surface area contributed by atoms with Gasteiger partial charge in [-0.15, -0.1) is 0 Å². The van der Waals surface area contributed by atoms with Crippen molar-refractivity contribution in [3.05, 3.63) is 42.0 Å². The van der Waals surface area contributed by atoms with Crippen molar-refractivity contribution in [2.24, 2.45) is 5.73 Å². The molecule has 0 aromatic heterocycles. The van der Waals surface area contributed by atoms with Crippen molar-refractivity contribution in [2.45, 2.75) is 18.9 Å². The van der Waals surface area contributed by atoms with E-state index in [0.717, 1.165) is 0 Å². The van der Waals surface area contributed by atoms with Gasteiger partial charge in [0.15, 0.2) is 0 Å². The second-order valence-corrected chi connectivity index (χ2v) is 4.54. The fourth-order valence-electron chi connectivity index (χ4n) is 2.13. The van der Waals surface area contributed by atoms with Gasteiger partial charge in [0.05, 0.1) is 6.61 Å². The van der Waals surface area contributed by atoms with Crippen molar-refractivity contribution in [1.82, 2.24) is 0 Å². The van der Waals surface area contributed by atoms with Gasteiger partial charge >= 0.3 is 11.9 Å². The third-order valence-electron chi connectivity index (χ3n) is 3.21. The Kier molecular flexibility index (Phi) is 4.09. The molecule has 2 aromatic carbocycles. The minimum Gasteiger partial charge on any atom is -0.507 e. The molecule has 21 heavy (non-hydrogen) atoms. The number of aromatic hydroxyl groups is 1. The second kappa shape index (κ2) is 5.65. The molecule has 0 spiro atoms. The van der Waals surface area contributed by atoms with E-state index in [1.165, 1.54) is 19.1 Å². The van der Waals surface area contributed by atoms with E-state index in [4.69, 9.17) is 5.73 Å². The number of benzene rings is 2. The molecule has 0 radical (unpaired) electrons. The largest absolute Gasteiger partial charge is 0.507 e. The zero-order chi connectivity index (χ0) is 15.6. The molecule has 0 amide bonds. The SMILES string of the molecule is CCOC(=O)C(F)(F)[C@@H](N)c1ccc(O)c2ccccc12. The number of phenols is 1. The lowest BCUT2D eigenvalue weighted by Gasteiger charge is -2.23. The summed E-state index contributed by atoms with van der Waals surface area (Å²) >= 11 is 0. The Morgan fingerprint density at radius 3 is 2.52 bits per heavy atom. The Hall–Kier alpha value is -2.21. The summed E-state index contributed by atoms with van der Waals surface area (Å²) in [4.78, 5) is 11.4. The van der Waals surface area contributed by atoms with Crippen molar-refractivity contribution in [3.8, 4) is 5.75 Å². The zero-order valence-electron chi connectivity index (χ0n) is 11.3. The summed E-state index contributed by atoms with van der Waals surface area (Å²) in [6.45, 7) is 1.28. The van der Waals surface area contributed by atoms with Gasteiger partial charge in [-0.1, -0.05) is 30.3 Å². The summed E-state index contributed by atoms with van der Waals surface area (Å²) in [7, 11) is 0. The van der Waals surface area contributed by atoms with Crippen LogP contribution in [0.15, 0.2) is 36.4 Å². The molecule has 2 aromatic rings. The van der Waals surface area contributed by atoms with Crippen molar-refractivity contribution in [3.63, 3.8) is 0 Å². The van der Waals surface area contributed by atoms with Crippen LogP contribution in [0.1, 0.15) is 18.5 Å². The molecule has 6 heteroatoms. The molecule has 1 atom stereocenters. The molecule has 0 unspecified atom stereocenters. The fourth-order valence-corrected chi connectivity index (χ4v) is 2.13. The summed E-state index contributed by atoms with van der Waals surface area (Å²) in [5.41, 5.74) is 5.66. The lowest BCUT2D eigenvalue weighted by molar-refractivity contribution is -0.174. The maximum absolute atomic E-state index is 14.0. The number of alkyl halides is 2. The Balaban J connectivity index is 2.51. The molecule has 0 aliphatic rings. The number of hydrogen-bond donors (Lipinski definition) is 2. The summed E-state index contributed by atoms with van der Waals surface area (Å²) in [6.07, 6.45) is 0. The van der Waals surface area contributed by atoms with Crippen LogP contribution in [0, 0.1) is 0 Å². The number of halogens is 2. The highest BCUT2D eigenvalue weighted by Gasteiger charge is 2.48. The van der Waals surface area contributed by atoms with Crippen LogP contribution in [0.4, 0.5) is 8.78 Å². The average molecular weight is 295 g/mol. The van der Waals surface area contributed by atoms with E-state index in [9.17, 15) is 18.7 Å². The van der Waals surface area contributed by atoms with Crippen molar-refractivity contribution in [2.75, 3.05) is 6.61 Å². The lowest BCUT2D eigenvalue weighted by Crippen LogP contribution is -2.41. The average Bonchev–Trinajstić information content (AvgIpc) is 2.47. The Labute approximate surface area is 120 Å². The van der Waals surface area contributed by atoms with Gasteiger partial charge in [0.2, 0.25) is 0 Å². The third kappa shape index (κ3) is 2.67. The zero-order valence-corrected chi connectivity index (χ0v) is 11.3. The highest BCUT2D eigenvalue weighted by Crippen LogP contribution is 2.36. The monoisotopic (exact) mass is 295 g/mol. The lowest BCUT2D eigenvalue weighted by atomic mass is 9.95. The Morgan fingerprint density at radius 2 is 1.90 bits per heavy atom. The van der Waals surface area contributed by atoms with E-state index in [1.54, 1.807) is 24.3 Å². The fraction of sp³-hybridized carbons (Fsp3) is 0.267. The van der Waals surface area contributed by atoms with Crippen LogP contribution in [-0.2, 0) is 9.53 Å². The van der Waals surface area contributed by atoms with Gasteiger partial charge in [-0.3, -0.25) is 0 Å². The molecule has 0 heterocycles. The van der Waals surface area contributed by atoms with Crippen LogP contribution in [-0.4, -0.2) is 23.6 Å². The summed E-state index contributed by atoms with van der Waals surface area (Å²) < 4.78 is 32.5. The number of esters is 1. The number of rotatable bonds is 4. The van der Waals surface area contributed by atoms with E-state index >= 15 is 0 Å². The van der Waals surface area contributed by atoms with Gasteiger partial charge in [0, 0.05) is 5.39 Å². The number of nitrogens with two attached hydrogens (primary N) is 1. The number of fused-ring (bicyclic) bond motifs is 1. The molecule has 0 aliphatic carbocycles. The van der Waals surface area contributed by atoms with Crippen LogP contribution in [0.3, 0.4) is 0 Å². The summed E-state index contributed by atoms with van der Waals surface area (Å²) in [5.74, 6) is -5.55. The first-order valence-corrected chi connectivity index (χ1v) is 6.40. The normalized spacial score (nSPS) is 13.1. The van der Waals surface area contributed by atoms with Crippen LogP contribution in [0.25, 0.3) is 10.8 Å². The molecule has 4 nitrogen and oxygen atoms in total. The van der Waals surface area contributed by atoms with Gasteiger partial charge in [-0.05, 0) is 23.9 Å². The quantitative estimate of drug-likeness (QED) is 0.851. The second-order valence-electron chi connectivity index (χ2n) is 4.54. The molecule has 112 valence electrons. The number of hydrogen-bond acceptors (Lipinski definition) is 4. The third-order valence-corrected chi connectivity index (χ3v) is 3.21. The van der Waals surface area contributed by atoms with E-state index in [1.807, 2.05) is 0 Å². The molecule has 0 saturated carbocycles. The molecule has 0 aliphatic heterocycles. The number of phenolic OH excluding ortho intramolecular Hbond substituents is 1. The Morgan fingerprint density at radius 1 is 1.29 bits per heavy atom. The van der Waals surface area contributed by atoms with Crippen LogP contribution in [0.5, 0.6) is 5.75 Å². The maximum Gasteiger partial charge on any atom is 0.379 e. The number of ether oxygens (including phenoxy) is 1. The predicted octanol–water partition coefficient (Wildman–Crippen LogP) is 2.74. The van der Waals surface area contributed by atoms with Gasteiger partial charge in [-0.2, -0.15) is 8.78 Å². The van der Waals surface area contributed by atoms with Crippen LogP contribution >= 0.6 is 0 Å². The minimum atomic E-state index is -3.85. The standard InChI is InChI=1S/C15H15F2NO3/c1-2-21-14(20)15(16,17)13(18)11-7-8-12(19)10-6-4-3-5-9(10)11/h3-8,13,19H,2,18H2,1H3/t13-/m0/s1. The number of carbonyl (C=O) groups excluding carboxylic acids is 1. The maximum atomic E-state index is 14.0. The van der Waals surface area contributed by atoms with E-state index in [2.05, 4.69) is 4.74 Å². The topological polar surface area (TPSA) is 72.5 Å². The van der Waals surface area contributed by atoms with Crippen molar-refractivity contribution < 1.29 is 23.4 Å². The molecule has 0 fully saturated rings. The molecular weight excluding hydrogens is 280 g/mol. The highest BCUT2D eigenvalue weighted by molar-refractivity contribution is 5.92. The minimum absolute atomic E-state index is 0.0407. The molecule has 0 saturated heterocycles. The molecule has 3 N–H and O–H groups in total. The first-order chi connectivity index (χ1) is 9.89. The van der Waals surface area contributed by atoms with Gasteiger partial charge in [0.1, 0.15) is 11.8 Å². The van der Waals surface area contributed by atoms with Crippen LogP contribution in [0.2, 0.25) is 0 Å². The Bertz CT molecular complexity index is 673. The summed E-state index contributed by atoms with van der Waals surface area (Å²) in [5, 5.41) is 10.5. The van der Waals surface area contributed by atoms with E-state index in [-0.39, 0.29) is 17.9 Å². The molecule has 0 bridgehead atoms. The van der Waals surface area contributed by atoms with E-state index < -0.39 is 17.9 Å². The van der Waals surface area contributed by atoms with Crippen LogP contribution < -0.4 is 5.73 Å². The molecule has 2 rings (SSSR count). The predicted molar refractivity (Wildman–Crippen MR) is 74.1 cm³/mol. The van der Waals surface area contributed by atoms with Gasteiger partial charge in [0.25, 0.3) is 0 Å². The van der Waals surface area contributed by atoms with E-state index in [0.29, 0.717) is 10.8 Å².